The average molecular weight is 546 g/mol. The van der Waals surface area contributed by atoms with Crippen molar-refractivity contribution in [2.75, 3.05) is 43.5 Å². The van der Waals surface area contributed by atoms with Crippen molar-refractivity contribution in [1.82, 2.24) is 15.2 Å². The zero-order chi connectivity index (χ0) is 28.0. The van der Waals surface area contributed by atoms with E-state index in [1.54, 1.807) is 36.5 Å². The molecule has 3 amide bonds. The number of pyridine rings is 1. The third-order valence-corrected chi connectivity index (χ3v) is 6.87. The van der Waals surface area contributed by atoms with Gasteiger partial charge in [-0.25, -0.2) is 4.98 Å². The van der Waals surface area contributed by atoms with E-state index < -0.39 is 17.7 Å². The lowest BCUT2D eigenvalue weighted by atomic mass is 10.1. The van der Waals surface area contributed by atoms with Crippen LogP contribution in [0.25, 0.3) is 0 Å². The predicted molar refractivity (Wildman–Crippen MR) is 146 cm³/mol. The molecule has 2 aliphatic heterocycles. The van der Waals surface area contributed by atoms with E-state index in [0.29, 0.717) is 55.6 Å². The molecule has 2 fully saturated rings. The Bertz CT molecular complexity index is 1330. The summed E-state index contributed by atoms with van der Waals surface area (Å²) in [7, 11) is 0. The van der Waals surface area contributed by atoms with E-state index in [9.17, 15) is 14.4 Å². The first-order chi connectivity index (χ1) is 19.4. The van der Waals surface area contributed by atoms with Crippen molar-refractivity contribution >= 4 is 29.7 Å². The molecule has 3 aromatic rings. The van der Waals surface area contributed by atoms with Gasteiger partial charge in [-0.15, -0.1) is 0 Å². The van der Waals surface area contributed by atoms with Crippen LogP contribution in [-0.4, -0.2) is 72.8 Å². The van der Waals surface area contributed by atoms with Crippen LogP contribution in [0.15, 0.2) is 72.9 Å². The number of carbonyl (C=O) groups is 3. The lowest BCUT2D eigenvalue weighted by molar-refractivity contribution is -0.152. The Labute approximate surface area is 231 Å². The van der Waals surface area contributed by atoms with Gasteiger partial charge in [0.25, 0.3) is 0 Å². The minimum absolute atomic E-state index is 0.0986. The van der Waals surface area contributed by atoms with E-state index in [4.69, 9.17) is 19.9 Å². The highest BCUT2D eigenvalue weighted by atomic mass is 16.7. The van der Waals surface area contributed by atoms with Crippen molar-refractivity contribution in [3.8, 4) is 11.5 Å². The zero-order valence-corrected chi connectivity index (χ0v) is 21.9. The van der Waals surface area contributed by atoms with Crippen LogP contribution >= 0.6 is 0 Å². The maximum absolute atomic E-state index is 13.5. The molecule has 0 unspecified atom stereocenters. The number of amides is 3. The van der Waals surface area contributed by atoms with E-state index in [1.807, 2.05) is 36.4 Å². The number of nitrogens with one attached hydrogen (secondary N) is 1. The van der Waals surface area contributed by atoms with Gasteiger partial charge in [0.15, 0.2) is 5.79 Å². The Morgan fingerprint density at radius 3 is 2.52 bits per heavy atom. The molecule has 3 heterocycles. The highest BCUT2D eigenvalue weighted by Gasteiger charge is 2.52. The van der Waals surface area contributed by atoms with Crippen LogP contribution < -0.4 is 20.7 Å². The summed E-state index contributed by atoms with van der Waals surface area (Å²) in [5.74, 6) is -0.0470. The Hall–Kier alpha value is -4.48. The summed E-state index contributed by atoms with van der Waals surface area (Å²) in [5.41, 5.74) is 7.19. The predicted octanol–water partition coefficient (Wildman–Crippen LogP) is 2.12. The second kappa shape index (κ2) is 12.1. The van der Waals surface area contributed by atoms with E-state index in [0.717, 1.165) is 5.56 Å². The molecule has 1 spiro atoms. The fraction of sp³-hybridized carbons (Fsp3) is 0.310. The Morgan fingerprint density at radius 1 is 1.10 bits per heavy atom. The molecular weight excluding hydrogens is 514 g/mol. The van der Waals surface area contributed by atoms with Gasteiger partial charge in [-0.05, 0) is 60.5 Å². The van der Waals surface area contributed by atoms with E-state index >= 15 is 0 Å². The third-order valence-electron chi connectivity index (χ3n) is 6.87. The minimum Gasteiger partial charge on any atom is -0.457 e. The van der Waals surface area contributed by atoms with Gasteiger partial charge >= 0.3 is 0 Å². The van der Waals surface area contributed by atoms with Gasteiger partial charge in [-0.2, -0.15) is 0 Å². The first kappa shape index (κ1) is 27.1. The average Bonchev–Trinajstić information content (AvgIpc) is 3.59. The minimum atomic E-state index is -1.03. The second-order valence-corrected chi connectivity index (χ2v) is 9.62. The van der Waals surface area contributed by atoms with Crippen LogP contribution in [0.5, 0.6) is 11.5 Å². The maximum atomic E-state index is 13.5. The van der Waals surface area contributed by atoms with E-state index in [-0.39, 0.29) is 25.4 Å². The van der Waals surface area contributed by atoms with Crippen molar-refractivity contribution in [3.63, 3.8) is 0 Å². The van der Waals surface area contributed by atoms with Gasteiger partial charge in [0.05, 0.1) is 19.8 Å². The highest BCUT2D eigenvalue weighted by molar-refractivity contribution is 5.93. The number of hydrogen-bond acceptors (Lipinski definition) is 8. The van der Waals surface area contributed by atoms with Crippen LogP contribution in [-0.2, 0) is 30.3 Å². The molecule has 0 bridgehead atoms. The summed E-state index contributed by atoms with van der Waals surface area (Å²) in [6.45, 7) is 0.975. The van der Waals surface area contributed by atoms with E-state index in [1.165, 1.54) is 9.80 Å². The molecule has 0 saturated carbocycles. The highest BCUT2D eigenvalue weighted by Crippen LogP contribution is 2.35. The number of hydrogen-bond donors (Lipinski definition) is 2. The standard InChI is InChI=1S/C29H31N5O6/c30-26-16-21(10-12-31-26)11-13-32-28(37)25-17-29(38-14-15-39-29)19-34(25)27(36)18-33(20-35)22-6-8-24(9-7-22)40-23-4-2-1-3-5-23/h1-10,12,16,20,25H,11,13-15,17-19H2,(H2,30,31)(H,32,37)/t25-/m0/s1. The molecule has 1 atom stereocenters. The normalized spacial score (nSPS) is 17.5. The number of likely N-dealkylation sites (tertiary alicyclic amines) is 1. The maximum Gasteiger partial charge on any atom is 0.243 e. The number of carbonyl (C=O) groups excluding carboxylic acids is 3. The molecule has 11 heteroatoms. The van der Waals surface area contributed by atoms with Crippen LogP contribution in [0.4, 0.5) is 11.5 Å². The fourth-order valence-electron chi connectivity index (χ4n) is 4.90. The Balaban J connectivity index is 1.23. The fourth-order valence-corrected chi connectivity index (χ4v) is 4.90. The van der Waals surface area contributed by atoms with Gasteiger partial charge in [0.2, 0.25) is 18.2 Å². The molecule has 2 aliphatic rings. The number of rotatable bonds is 10. The molecule has 11 nitrogen and oxygen atoms in total. The SMILES string of the molecule is Nc1cc(CCNC(=O)[C@@H]2CC3(CN2C(=O)CN(C=O)c2ccc(Oc4ccccc4)cc2)OCCO3)ccn1. The first-order valence-corrected chi connectivity index (χ1v) is 13.1. The quantitative estimate of drug-likeness (QED) is 0.370. The van der Waals surface area contributed by atoms with Crippen LogP contribution in [0.1, 0.15) is 12.0 Å². The third kappa shape index (κ3) is 6.38. The molecule has 40 heavy (non-hydrogen) atoms. The molecule has 0 radical (unpaired) electrons. The smallest absolute Gasteiger partial charge is 0.243 e. The van der Waals surface area contributed by atoms with Crippen LogP contribution in [0, 0.1) is 0 Å². The number of anilines is 2. The number of aromatic nitrogens is 1. The first-order valence-electron chi connectivity index (χ1n) is 13.1. The number of nitrogens with two attached hydrogens (primary N) is 1. The van der Waals surface area contributed by atoms with Crippen LogP contribution in [0.3, 0.4) is 0 Å². The molecule has 208 valence electrons. The van der Waals surface area contributed by atoms with Gasteiger partial charge < -0.3 is 35.1 Å². The summed E-state index contributed by atoms with van der Waals surface area (Å²) in [6, 6.07) is 18.9. The topological polar surface area (TPSA) is 136 Å². The van der Waals surface area contributed by atoms with Crippen molar-refractivity contribution in [3.05, 3.63) is 78.5 Å². The van der Waals surface area contributed by atoms with E-state index in [2.05, 4.69) is 10.3 Å². The molecule has 2 aromatic carbocycles. The number of benzene rings is 2. The number of nitrogen functional groups attached to an aromatic ring is 1. The monoisotopic (exact) mass is 545 g/mol. The van der Waals surface area contributed by atoms with Crippen molar-refractivity contribution in [2.45, 2.75) is 24.7 Å². The zero-order valence-electron chi connectivity index (χ0n) is 21.9. The van der Waals surface area contributed by atoms with Gasteiger partial charge in [-0.3, -0.25) is 14.4 Å². The largest absolute Gasteiger partial charge is 0.457 e. The van der Waals surface area contributed by atoms with Crippen molar-refractivity contribution in [2.24, 2.45) is 0 Å². The summed E-state index contributed by atoms with van der Waals surface area (Å²) in [6.07, 6.45) is 2.97. The summed E-state index contributed by atoms with van der Waals surface area (Å²) < 4.78 is 17.4. The Kier molecular flexibility index (Phi) is 8.23. The van der Waals surface area contributed by atoms with Gasteiger partial charge in [-0.1, -0.05) is 18.2 Å². The summed E-state index contributed by atoms with van der Waals surface area (Å²) in [5, 5.41) is 2.91. The molecule has 1 aromatic heterocycles. The van der Waals surface area contributed by atoms with Gasteiger partial charge in [0.1, 0.15) is 29.9 Å². The van der Waals surface area contributed by atoms with Crippen molar-refractivity contribution in [1.29, 1.82) is 0 Å². The lowest BCUT2D eigenvalue weighted by Crippen LogP contribution is -2.49. The second-order valence-electron chi connectivity index (χ2n) is 9.62. The summed E-state index contributed by atoms with van der Waals surface area (Å²) in [4.78, 5) is 45.4. The molecular formula is C29H31N5O6. The molecule has 5 rings (SSSR count). The summed E-state index contributed by atoms with van der Waals surface area (Å²) >= 11 is 0. The van der Waals surface area contributed by atoms with Crippen LogP contribution in [0.2, 0.25) is 0 Å². The van der Waals surface area contributed by atoms with Crippen molar-refractivity contribution < 1.29 is 28.6 Å². The molecule has 0 aliphatic carbocycles. The lowest BCUT2D eigenvalue weighted by Gasteiger charge is -2.26. The number of para-hydroxylation sites is 1. The Morgan fingerprint density at radius 2 is 1.82 bits per heavy atom. The van der Waals surface area contributed by atoms with Gasteiger partial charge in [0, 0.05) is 24.8 Å². The number of nitrogens with zero attached hydrogens (tertiary/aromatic N) is 3. The number of ether oxygens (including phenoxy) is 3. The molecule has 3 N–H and O–H groups in total. The molecule has 2 saturated heterocycles.